The fourth-order valence-corrected chi connectivity index (χ4v) is 2.52. The number of hydrogen-bond acceptors (Lipinski definition) is 4. The average Bonchev–Trinajstić information content (AvgIpc) is 2.73. The van der Waals surface area contributed by atoms with E-state index in [1.54, 1.807) is 48.5 Å². The Labute approximate surface area is 167 Å². The number of nitrogens with one attached hydrogen (secondary N) is 1. The summed E-state index contributed by atoms with van der Waals surface area (Å²) in [7, 11) is 0. The van der Waals surface area contributed by atoms with Gasteiger partial charge in [0.05, 0.1) is 5.56 Å². The lowest BCUT2D eigenvalue weighted by Crippen LogP contribution is -2.25. The molecular weight excluding hydrogens is 375 g/mol. The molecule has 148 valence electrons. The standard InChI is InChI=1S/C22H19FN2O4/c23-16-7-11-18(12-8-16)29-17-9-5-15(6-10-17)13-25-22(27)19-3-1-2-4-20(19)28-14-21(24)26/h1-12H,13-14H2,(H2,24,26)(H,25,27). The van der Waals surface area contributed by atoms with Crippen molar-refractivity contribution in [2.45, 2.75) is 6.54 Å². The summed E-state index contributed by atoms with van der Waals surface area (Å²) in [4.78, 5) is 23.3. The van der Waals surface area contributed by atoms with Gasteiger partial charge in [0.15, 0.2) is 6.61 Å². The third-order valence-electron chi connectivity index (χ3n) is 3.93. The van der Waals surface area contributed by atoms with Gasteiger partial charge in [-0.2, -0.15) is 0 Å². The number of carbonyl (C=O) groups is 2. The predicted octanol–water partition coefficient (Wildman–Crippen LogP) is 3.41. The number of halogens is 1. The lowest BCUT2D eigenvalue weighted by molar-refractivity contribution is -0.119. The van der Waals surface area contributed by atoms with E-state index in [0.29, 0.717) is 23.6 Å². The van der Waals surface area contributed by atoms with Crippen molar-refractivity contribution in [3.63, 3.8) is 0 Å². The third-order valence-corrected chi connectivity index (χ3v) is 3.93. The molecule has 6 nitrogen and oxygen atoms in total. The van der Waals surface area contributed by atoms with E-state index in [2.05, 4.69) is 5.32 Å². The zero-order chi connectivity index (χ0) is 20.6. The van der Waals surface area contributed by atoms with Crippen molar-refractivity contribution in [3.05, 3.63) is 89.7 Å². The van der Waals surface area contributed by atoms with Gasteiger partial charge in [-0.1, -0.05) is 24.3 Å². The van der Waals surface area contributed by atoms with Crippen molar-refractivity contribution >= 4 is 11.8 Å². The van der Waals surface area contributed by atoms with Gasteiger partial charge in [-0.15, -0.1) is 0 Å². The topological polar surface area (TPSA) is 90.7 Å². The Morgan fingerprint density at radius 3 is 2.17 bits per heavy atom. The number of benzene rings is 3. The molecule has 0 unspecified atom stereocenters. The summed E-state index contributed by atoms with van der Waals surface area (Å²) in [5.41, 5.74) is 6.25. The SMILES string of the molecule is NC(=O)COc1ccccc1C(=O)NCc1ccc(Oc2ccc(F)cc2)cc1. The molecule has 0 aliphatic rings. The highest BCUT2D eigenvalue weighted by Gasteiger charge is 2.12. The van der Waals surface area contributed by atoms with Crippen LogP contribution in [0.3, 0.4) is 0 Å². The molecule has 0 bridgehead atoms. The Bertz CT molecular complexity index is 988. The van der Waals surface area contributed by atoms with E-state index in [-0.39, 0.29) is 24.1 Å². The highest BCUT2D eigenvalue weighted by Crippen LogP contribution is 2.22. The zero-order valence-corrected chi connectivity index (χ0v) is 15.4. The molecule has 29 heavy (non-hydrogen) atoms. The number of primary amides is 1. The van der Waals surface area contributed by atoms with Crippen LogP contribution in [0.25, 0.3) is 0 Å². The van der Waals surface area contributed by atoms with Gasteiger partial charge in [0.1, 0.15) is 23.1 Å². The van der Waals surface area contributed by atoms with Gasteiger partial charge >= 0.3 is 0 Å². The Morgan fingerprint density at radius 1 is 0.897 bits per heavy atom. The maximum Gasteiger partial charge on any atom is 0.255 e. The predicted molar refractivity (Wildman–Crippen MR) is 105 cm³/mol. The number of para-hydroxylation sites is 1. The molecule has 0 saturated heterocycles. The number of hydrogen-bond donors (Lipinski definition) is 2. The van der Waals surface area contributed by atoms with Gasteiger partial charge < -0.3 is 20.5 Å². The molecule has 0 radical (unpaired) electrons. The Hall–Kier alpha value is -3.87. The monoisotopic (exact) mass is 394 g/mol. The number of nitrogens with two attached hydrogens (primary N) is 1. The molecule has 0 heterocycles. The summed E-state index contributed by atoms with van der Waals surface area (Å²) in [5.74, 6) is 0.119. The lowest BCUT2D eigenvalue weighted by Gasteiger charge is -2.11. The minimum absolute atomic E-state index is 0.284. The van der Waals surface area contributed by atoms with E-state index in [0.717, 1.165) is 5.56 Å². The third kappa shape index (κ3) is 5.80. The van der Waals surface area contributed by atoms with Gasteiger partial charge in [-0.3, -0.25) is 9.59 Å². The minimum Gasteiger partial charge on any atom is -0.483 e. The summed E-state index contributed by atoms with van der Waals surface area (Å²) < 4.78 is 23.8. The molecule has 3 aromatic rings. The summed E-state index contributed by atoms with van der Waals surface area (Å²) >= 11 is 0. The average molecular weight is 394 g/mol. The maximum atomic E-state index is 12.9. The number of ether oxygens (including phenoxy) is 2. The van der Waals surface area contributed by atoms with Gasteiger partial charge in [0, 0.05) is 6.54 Å². The van der Waals surface area contributed by atoms with Crippen molar-refractivity contribution < 1.29 is 23.5 Å². The molecule has 0 saturated carbocycles. The fourth-order valence-electron chi connectivity index (χ4n) is 2.52. The molecule has 0 aliphatic carbocycles. The van der Waals surface area contributed by atoms with Gasteiger partial charge in [-0.25, -0.2) is 4.39 Å². The molecular formula is C22H19FN2O4. The van der Waals surface area contributed by atoms with Crippen LogP contribution >= 0.6 is 0 Å². The summed E-state index contributed by atoms with van der Waals surface area (Å²) in [6.07, 6.45) is 0. The van der Waals surface area contributed by atoms with Gasteiger partial charge in [-0.05, 0) is 54.1 Å². The summed E-state index contributed by atoms with van der Waals surface area (Å²) in [5, 5.41) is 2.80. The van der Waals surface area contributed by atoms with Crippen molar-refractivity contribution in [2.75, 3.05) is 6.61 Å². The van der Waals surface area contributed by atoms with Crippen LogP contribution in [0.2, 0.25) is 0 Å². The van der Waals surface area contributed by atoms with E-state index in [9.17, 15) is 14.0 Å². The number of carbonyl (C=O) groups excluding carboxylic acids is 2. The normalized spacial score (nSPS) is 10.2. The van der Waals surface area contributed by atoms with Crippen LogP contribution in [0.15, 0.2) is 72.8 Å². The van der Waals surface area contributed by atoms with Crippen molar-refractivity contribution in [1.29, 1.82) is 0 Å². The van der Waals surface area contributed by atoms with Crippen LogP contribution < -0.4 is 20.5 Å². The molecule has 0 aromatic heterocycles. The summed E-state index contributed by atoms with van der Waals surface area (Å²) in [6.45, 7) is -0.0143. The first kappa shape index (κ1) is 19.9. The van der Waals surface area contributed by atoms with Crippen molar-refractivity contribution in [3.8, 4) is 17.2 Å². The quantitative estimate of drug-likeness (QED) is 0.613. The zero-order valence-electron chi connectivity index (χ0n) is 15.4. The number of rotatable bonds is 8. The number of amides is 2. The fraction of sp³-hybridized carbons (Fsp3) is 0.0909. The second-order valence-electron chi connectivity index (χ2n) is 6.13. The van der Waals surface area contributed by atoms with Crippen LogP contribution in [0.1, 0.15) is 15.9 Å². The second-order valence-corrected chi connectivity index (χ2v) is 6.13. The molecule has 3 N–H and O–H groups in total. The van der Waals surface area contributed by atoms with Crippen LogP contribution in [0, 0.1) is 5.82 Å². The highest BCUT2D eigenvalue weighted by molar-refractivity contribution is 5.97. The molecule has 2 amide bonds. The van der Waals surface area contributed by atoms with Crippen molar-refractivity contribution in [2.24, 2.45) is 5.73 Å². The van der Waals surface area contributed by atoms with Crippen LogP contribution in [-0.2, 0) is 11.3 Å². The highest BCUT2D eigenvalue weighted by atomic mass is 19.1. The van der Waals surface area contributed by atoms with E-state index in [1.807, 2.05) is 12.1 Å². The first-order valence-corrected chi connectivity index (χ1v) is 8.82. The molecule has 0 fully saturated rings. The van der Waals surface area contributed by atoms with E-state index < -0.39 is 5.91 Å². The molecule has 3 rings (SSSR count). The largest absolute Gasteiger partial charge is 0.483 e. The molecule has 3 aromatic carbocycles. The first-order valence-electron chi connectivity index (χ1n) is 8.82. The van der Waals surface area contributed by atoms with Gasteiger partial charge in [0.2, 0.25) is 0 Å². The van der Waals surface area contributed by atoms with E-state index in [4.69, 9.17) is 15.2 Å². The van der Waals surface area contributed by atoms with Gasteiger partial charge in [0.25, 0.3) is 11.8 Å². The second kappa shape index (κ2) is 9.36. The Morgan fingerprint density at radius 2 is 1.52 bits per heavy atom. The Kier molecular flexibility index (Phi) is 6.42. The van der Waals surface area contributed by atoms with E-state index in [1.165, 1.54) is 12.1 Å². The molecule has 0 atom stereocenters. The van der Waals surface area contributed by atoms with Crippen molar-refractivity contribution in [1.82, 2.24) is 5.32 Å². The molecule has 0 aliphatic heterocycles. The Balaban J connectivity index is 1.58. The molecule has 7 heteroatoms. The van der Waals surface area contributed by atoms with Crippen LogP contribution in [-0.4, -0.2) is 18.4 Å². The van der Waals surface area contributed by atoms with Crippen LogP contribution in [0.4, 0.5) is 4.39 Å². The molecule has 0 spiro atoms. The smallest absolute Gasteiger partial charge is 0.255 e. The minimum atomic E-state index is -0.622. The van der Waals surface area contributed by atoms with Crippen LogP contribution in [0.5, 0.6) is 17.2 Å². The first-order chi connectivity index (χ1) is 14.0. The lowest BCUT2D eigenvalue weighted by atomic mass is 10.1. The maximum absolute atomic E-state index is 12.9. The van der Waals surface area contributed by atoms with E-state index >= 15 is 0 Å². The summed E-state index contributed by atoms with van der Waals surface area (Å²) in [6, 6.07) is 19.5.